The Hall–Kier alpha value is -1.95. The molecular formula is C9H6N2O. The molecule has 0 saturated heterocycles. The Morgan fingerprint density at radius 1 is 1.33 bits per heavy atom. The molecule has 3 nitrogen and oxygen atoms in total. The molecule has 3 heteroatoms. The Balaban J connectivity index is 2.94. The monoisotopic (exact) mass is 158 g/mol. The maximum Gasteiger partial charge on any atom is 0.125 e. The molecule has 0 aliphatic rings. The molecule has 0 bridgehead atoms. The Bertz CT molecular complexity index is 465. The molecule has 2 aromatic rings. The van der Waals surface area contributed by atoms with Crippen molar-refractivity contribution in [2.75, 3.05) is 0 Å². The van der Waals surface area contributed by atoms with Gasteiger partial charge in [-0.05, 0) is 18.2 Å². The third kappa shape index (κ3) is 0.753. The Kier molecular flexibility index (Phi) is 1.28. The molecule has 0 fully saturated rings. The smallest absolute Gasteiger partial charge is 0.125 e. The van der Waals surface area contributed by atoms with E-state index in [0.29, 0.717) is 16.5 Å². The number of phenolic OH excluding ortho intramolecular Hbond substituents is 1. The molecule has 0 aliphatic carbocycles. The van der Waals surface area contributed by atoms with Gasteiger partial charge in [0.25, 0.3) is 0 Å². The van der Waals surface area contributed by atoms with Crippen LogP contribution >= 0.6 is 0 Å². The number of phenols is 1. The Morgan fingerprint density at radius 3 is 2.92 bits per heavy atom. The first-order valence-electron chi connectivity index (χ1n) is 3.52. The van der Waals surface area contributed by atoms with E-state index in [1.165, 1.54) is 6.07 Å². The molecule has 0 unspecified atom stereocenters. The first-order valence-corrected chi connectivity index (χ1v) is 3.52. The van der Waals surface area contributed by atoms with Crippen LogP contribution in [0.15, 0.2) is 24.4 Å². The summed E-state index contributed by atoms with van der Waals surface area (Å²) in [6, 6.07) is 6.90. The number of benzene rings is 1. The number of nitriles is 1. The lowest BCUT2D eigenvalue weighted by Gasteiger charge is -1.95. The Labute approximate surface area is 68.9 Å². The molecule has 0 saturated carbocycles. The highest BCUT2D eigenvalue weighted by Crippen LogP contribution is 2.25. The normalized spacial score (nSPS) is 9.92. The topological polar surface area (TPSA) is 59.8 Å². The summed E-state index contributed by atoms with van der Waals surface area (Å²) >= 11 is 0. The van der Waals surface area contributed by atoms with Crippen LogP contribution in [0.5, 0.6) is 5.75 Å². The minimum Gasteiger partial charge on any atom is -0.507 e. The second kappa shape index (κ2) is 2.28. The zero-order valence-corrected chi connectivity index (χ0v) is 6.20. The number of hydrogen-bond donors (Lipinski definition) is 2. The van der Waals surface area contributed by atoms with Crippen LogP contribution in [-0.2, 0) is 0 Å². The zero-order valence-electron chi connectivity index (χ0n) is 6.20. The lowest BCUT2D eigenvalue weighted by Crippen LogP contribution is -1.77. The van der Waals surface area contributed by atoms with Crippen LogP contribution in [0.4, 0.5) is 0 Å². The number of rotatable bonds is 0. The summed E-state index contributed by atoms with van der Waals surface area (Å²) in [4.78, 5) is 2.90. The minimum atomic E-state index is 0.199. The first-order chi connectivity index (χ1) is 5.83. The number of nitrogens with zero attached hydrogens (tertiary/aromatic N) is 1. The van der Waals surface area contributed by atoms with E-state index < -0.39 is 0 Å². The quantitative estimate of drug-likeness (QED) is 0.613. The summed E-state index contributed by atoms with van der Waals surface area (Å²) in [5.41, 5.74) is 1.24. The molecule has 0 aliphatic heterocycles. The van der Waals surface area contributed by atoms with Crippen molar-refractivity contribution in [3.63, 3.8) is 0 Å². The molecule has 0 amide bonds. The van der Waals surface area contributed by atoms with Crippen molar-refractivity contribution < 1.29 is 5.11 Å². The summed E-state index contributed by atoms with van der Waals surface area (Å²) in [7, 11) is 0. The highest BCUT2D eigenvalue weighted by molar-refractivity contribution is 5.89. The van der Waals surface area contributed by atoms with Crippen LogP contribution in [0.3, 0.4) is 0 Å². The average Bonchev–Trinajstić information content (AvgIpc) is 2.54. The van der Waals surface area contributed by atoms with Gasteiger partial charge in [0.1, 0.15) is 11.8 Å². The van der Waals surface area contributed by atoms with Crippen LogP contribution in [0.1, 0.15) is 5.56 Å². The van der Waals surface area contributed by atoms with Crippen LogP contribution in [0.2, 0.25) is 0 Å². The van der Waals surface area contributed by atoms with E-state index in [4.69, 9.17) is 5.26 Å². The highest BCUT2D eigenvalue weighted by Gasteiger charge is 2.04. The van der Waals surface area contributed by atoms with Gasteiger partial charge in [-0.15, -0.1) is 0 Å². The van der Waals surface area contributed by atoms with Gasteiger partial charge in [0.2, 0.25) is 0 Å². The number of aromatic nitrogens is 1. The first kappa shape index (κ1) is 6.74. The van der Waals surface area contributed by atoms with E-state index in [1.54, 1.807) is 18.3 Å². The summed E-state index contributed by atoms with van der Waals surface area (Å²) < 4.78 is 0. The molecule has 1 aromatic heterocycles. The SMILES string of the molecule is N#Cc1ccc(O)c2cc[nH]c12. The predicted octanol–water partition coefficient (Wildman–Crippen LogP) is 1.75. The molecule has 1 heterocycles. The zero-order chi connectivity index (χ0) is 8.55. The van der Waals surface area contributed by atoms with Gasteiger partial charge < -0.3 is 10.1 Å². The van der Waals surface area contributed by atoms with Gasteiger partial charge in [-0.1, -0.05) is 0 Å². The van der Waals surface area contributed by atoms with Gasteiger partial charge in [0.15, 0.2) is 0 Å². The van der Waals surface area contributed by atoms with Gasteiger partial charge >= 0.3 is 0 Å². The summed E-state index contributed by atoms with van der Waals surface area (Å²) in [6.07, 6.45) is 1.70. The maximum atomic E-state index is 9.35. The van der Waals surface area contributed by atoms with Crippen molar-refractivity contribution >= 4 is 10.9 Å². The van der Waals surface area contributed by atoms with E-state index in [-0.39, 0.29) is 5.75 Å². The molecular weight excluding hydrogens is 152 g/mol. The maximum absolute atomic E-state index is 9.35. The third-order valence-electron chi connectivity index (χ3n) is 1.82. The van der Waals surface area contributed by atoms with E-state index in [1.807, 2.05) is 6.07 Å². The van der Waals surface area contributed by atoms with Crippen molar-refractivity contribution in [2.24, 2.45) is 0 Å². The molecule has 0 spiro atoms. The van der Waals surface area contributed by atoms with Crippen molar-refractivity contribution in [3.8, 4) is 11.8 Å². The summed E-state index contributed by atoms with van der Waals surface area (Å²) in [5, 5.41) is 18.7. The van der Waals surface area contributed by atoms with Gasteiger partial charge in [0, 0.05) is 11.6 Å². The van der Waals surface area contributed by atoms with Crippen molar-refractivity contribution in [2.45, 2.75) is 0 Å². The van der Waals surface area contributed by atoms with Crippen LogP contribution in [0.25, 0.3) is 10.9 Å². The summed E-state index contributed by atoms with van der Waals surface area (Å²) in [6.45, 7) is 0. The number of H-pyrrole nitrogens is 1. The lowest BCUT2D eigenvalue weighted by atomic mass is 10.1. The van der Waals surface area contributed by atoms with Crippen molar-refractivity contribution in [1.29, 1.82) is 5.26 Å². The fourth-order valence-electron chi connectivity index (χ4n) is 1.23. The van der Waals surface area contributed by atoms with Crippen molar-refractivity contribution in [3.05, 3.63) is 30.0 Å². The van der Waals surface area contributed by atoms with Gasteiger partial charge in [-0.3, -0.25) is 0 Å². The van der Waals surface area contributed by atoms with E-state index >= 15 is 0 Å². The number of nitrogens with one attached hydrogen (secondary N) is 1. The van der Waals surface area contributed by atoms with Crippen LogP contribution in [0, 0.1) is 11.3 Å². The molecule has 1 aromatic carbocycles. The molecule has 2 N–H and O–H groups in total. The Morgan fingerprint density at radius 2 is 2.17 bits per heavy atom. The van der Waals surface area contributed by atoms with Crippen LogP contribution in [-0.4, -0.2) is 10.1 Å². The lowest BCUT2D eigenvalue weighted by molar-refractivity contribution is 0.481. The molecule has 0 atom stereocenters. The van der Waals surface area contributed by atoms with Gasteiger partial charge in [0.05, 0.1) is 11.1 Å². The standard InChI is InChI=1S/C9H6N2O/c10-5-6-1-2-8(12)7-3-4-11-9(6)7/h1-4,11-12H. The van der Waals surface area contributed by atoms with E-state index in [0.717, 1.165) is 0 Å². The van der Waals surface area contributed by atoms with Gasteiger partial charge in [-0.2, -0.15) is 5.26 Å². The molecule has 2 rings (SSSR count). The highest BCUT2D eigenvalue weighted by atomic mass is 16.3. The van der Waals surface area contributed by atoms with E-state index in [9.17, 15) is 5.11 Å². The van der Waals surface area contributed by atoms with Crippen molar-refractivity contribution in [1.82, 2.24) is 4.98 Å². The third-order valence-corrected chi connectivity index (χ3v) is 1.82. The predicted molar refractivity (Wildman–Crippen MR) is 44.7 cm³/mol. The molecule has 12 heavy (non-hydrogen) atoms. The fraction of sp³-hybridized carbons (Fsp3) is 0. The van der Waals surface area contributed by atoms with Crippen LogP contribution < -0.4 is 0 Å². The van der Waals surface area contributed by atoms with E-state index in [2.05, 4.69) is 4.98 Å². The van der Waals surface area contributed by atoms with Gasteiger partial charge in [-0.25, -0.2) is 0 Å². The molecule has 0 radical (unpaired) electrons. The number of aromatic hydroxyl groups is 1. The minimum absolute atomic E-state index is 0.199. The second-order valence-electron chi connectivity index (χ2n) is 2.51. The summed E-state index contributed by atoms with van der Waals surface area (Å²) in [5.74, 6) is 0.199. The number of fused-ring (bicyclic) bond motifs is 1. The number of hydrogen-bond acceptors (Lipinski definition) is 2. The molecule has 58 valence electrons. The second-order valence-corrected chi connectivity index (χ2v) is 2.51. The largest absolute Gasteiger partial charge is 0.507 e. The average molecular weight is 158 g/mol. The fourth-order valence-corrected chi connectivity index (χ4v) is 1.23. The number of aromatic amines is 1.